The maximum atomic E-state index is 4.25. The Labute approximate surface area is 130 Å². The minimum absolute atomic E-state index is 0.303. The lowest BCUT2D eigenvalue weighted by Crippen LogP contribution is -2.31. The van der Waals surface area contributed by atoms with Crippen molar-refractivity contribution in [3.63, 3.8) is 0 Å². The largest absolute Gasteiger partial charge is 0.103 e. The van der Waals surface area contributed by atoms with E-state index < -0.39 is 0 Å². The Morgan fingerprint density at radius 2 is 1.15 bits per heavy atom. The number of rotatable bonds is 0. The van der Waals surface area contributed by atoms with Crippen LogP contribution in [-0.2, 0) is 0 Å². The second-order valence-electron chi connectivity index (χ2n) is 5.86. The Balaban J connectivity index is -0.000000355. The van der Waals surface area contributed by atoms with Gasteiger partial charge in [0, 0.05) is 0 Å². The molecule has 120 valence electrons. The Hall–Kier alpha value is -0.780. The van der Waals surface area contributed by atoms with E-state index in [0.717, 1.165) is 0 Å². The van der Waals surface area contributed by atoms with Crippen molar-refractivity contribution in [2.24, 2.45) is 10.8 Å². The molecule has 0 amide bonds. The summed E-state index contributed by atoms with van der Waals surface area (Å²) in [5.74, 6) is 0. The minimum atomic E-state index is 0.303. The summed E-state index contributed by atoms with van der Waals surface area (Å²) < 4.78 is 0. The molecule has 0 spiro atoms. The average Bonchev–Trinajstić information content (AvgIpc) is 2.41. The monoisotopic (exact) mass is 280 g/mol. The van der Waals surface area contributed by atoms with Gasteiger partial charge in [-0.15, -0.1) is 6.58 Å². The first-order chi connectivity index (χ1) is 9.22. The van der Waals surface area contributed by atoms with Crippen LogP contribution in [0.2, 0.25) is 0 Å². The molecule has 0 saturated heterocycles. The first kappa shape index (κ1) is 24.3. The highest BCUT2D eigenvalue weighted by Crippen LogP contribution is 2.50. The Kier molecular flexibility index (Phi) is 14.5. The predicted molar refractivity (Wildman–Crippen MR) is 98.3 cm³/mol. The number of hydrogen-bond acceptors (Lipinski definition) is 0. The van der Waals surface area contributed by atoms with Crippen LogP contribution in [0.15, 0.2) is 36.5 Å². The molecule has 1 aliphatic rings. The van der Waals surface area contributed by atoms with Crippen LogP contribution >= 0.6 is 0 Å². The molecule has 0 aromatic heterocycles. The molecule has 20 heavy (non-hydrogen) atoms. The molecule has 1 aliphatic carbocycles. The quantitative estimate of drug-likeness (QED) is 0.401. The molecule has 0 heterocycles. The summed E-state index contributed by atoms with van der Waals surface area (Å²) in [6, 6.07) is 0. The van der Waals surface area contributed by atoms with Crippen molar-refractivity contribution >= 4 is 0 Å². The van der Waals surface area contributed by atoms with Crippen LogP contribution in [0.25, 0.3) is 0 Å². The SMILES string of the molecule is C=C1/C(=C\C)C(C)(C)CCC1(C)C.C=CC.CC.CC. The van der Waals surface area contributed by atoms with E-state index in [0.29, 0.717) is 10.8 Å². The van der Waals surface area contributed by atoms with E-state index in [1.807, 2.05) is 34.6 Å². The van der Waals surface area contributed by atoms with Crippen LogP contribution in [0.3, 0.4) is 0 Å². The Morgan fingerprint density at radius 3 is 1.40 bits per heavy atom. The second-order valence-corrected chi connectivity index (χ2v) is 5.86. The van der Waals surface area contributed by atoms with Crippen molar-refractivity contribution in [1.82, 2.24) is 0 Å². The van der Waals surface area contributed by atoms with E-state index >= 15 is 0 Å². The fraction of sp³-hybridized carbons (Fsp3) is 0.700. The van der Waals surface area contributed by atoms with Gasteiger partial charge >= 0.3 is 0 Å². The van der Waals surface area contributed by atoms with Gasteiger partial charge in [0.25, 0.3) is 0 Å². The average molecular weight is 281 g/mol. The maximum absolute atomic E-state index is 4.25. The third-order valence-electron chi connectivity index (χ3n) is 3.53. The summed E-state index contributed by atoms with van der Waals surface area (Å²) in [6.07, 6.45) is 6.53. The lowest BCUT2D eigenvalue weighted by atomic mass is 9.61. The van der Waals surface area contributed by atoms with E-state index in [-0.39, 0.29) is 0 Å². The molecule has 0 aliphatic heterocycles. The third kappa shape index (κ3) is 7.72. The molecule has 0 unspecified atom stereocenters. The zero-order valence-corrected chi connectivity index (χ0v) is 16.0. The molecule has 0 aromatic carbocycles. The fourth-order valence-electron chi connectivity index (χ4n) is 2.25. The topological polar surface area (TPSA) is 0 Å². The summed E-state index contributed by atoms with van der Waals surface area (Å²) in [4.78, 5) is 0. The minimum Gasteiger partial charge on any atom is -0.103 e. The van der Waals surface area contributed by atoms with Crippen LogP contribution in [0.5, 0.6) is 0 Å². The molecule has 0 aromatic rings. The van der Waals surface area contributed by atoms with Crippen molar-refractivity contribution in [2.45, 2.75) is 82.1 Å². The summed E-state index contributed by atoms with van der Waals surface area (Å²) in [6.45, 7) is 28.9. The smallest absolute Gasteiger partial charge is 0.0104 e. The summed E-state index contributed by atoms with van der Waals surface area (Å²) in [5, 5.41) is 0. The summed E-state index contributed by atoms with van der Waals surface area (Å²) >= 11 is 0. The van der Waals surface area contributed by atoms with E-state index in [4.69, 9.17) is 0 Å². The van der Waals surface area contributed by atoms with Crippen LogP contribution in [0, 0.1) is 10.8 Å². The van der Waals surface area contributed by atoms with Crippen LogP contribution in [0.4, 0.5) is 0 Å². The first-order valence-corrected chi connectivity index (χ1v) is 8.16. The molecule has 1 rings (SSSR count). The first-order valence-electron chi connectivity index (χ1n) is 8.16. The molecule has 0 N–H and O–H groups in total. The Bertz CT molecular complexity index is 287. The number of allylic oxidation sites excluding steroid dienone is 4. The van der Waals surface area contributed by atoms with E-state index in [1.54, 1.807) is 6.08 Å². The molecule has 1 saturated carbocycles. The van der Waals surface area contributed by atoms with Crippen molar-refractivity contribution in [3.05, 3.63) is 36.5 Å². The van der Waals surface area contributed by atoms with Gasteiger partial charge in [-0.2, -0.15) is 0 Å². The molecule has 0 nitrogen and oxygen atoms in total. The molecular formula is C20H40. The van der Waals surface area contributed by atoms with Gasteiger partial charge in [-0.3, -0.25) is 0 Å². The lowest BCUT2D eigenvalue weighted by Gasteiger charge is -2.43. The molecule has 0 heteroatoms. The highest BCUT2D eigenvalue weighted by molar-refractivity contribution is 5.39. The van der Waals surface area contributed by atoms with Crippen molar-refractivity contribution in [3.8, 4) is 0 Å². The van der Waals surface area contributed by atoms with Gasteiger partial charge in [-0.25, -0.2) is 0 Å². The van der Waals surface area contributed by atoms with E-state index in [2.05, 4.69) is 53.9 Å². The Morgan fingerprint density at radius 1 is 0.850 bits per heavy atom. The van der Waals surface area contributed by atoms with Crippen LogP contribution in [0.1, 0.15) is 82.1 Å². The molecule has 0 radical (unpaired) electrons. The van der Waals surface area contributed by atoms with E-state index in [9.17, 15) is 0 Å². The highest BCUT2D eigenvalue weighted by atomic mass is 14.4. The van der Waals surface area contributed by atoms with Gasteiger partial charge < -0.3 is 0 Å². The zero-order valence-electron chi connectivity index (χ0n) is 16.0. The summed E-state index contributed by atoms with van der Waals surface area (Å²) in [5.41, 5.74) is 3.44. The van der Waals surface area contributed by atoms with Gasteiger partial charge in [0.1, 0.15) is 0 Å². The normalized spacial score (nSPS) is 20.3. The second kappa shape index (κ2) is 12.0. The standard InChI is InChI=1S/C13H22.C3H6.2C2H6/c1-7-11-10(2)12(3,4)8-9-13(11,5)6;1-3-2;2*1-2/h7H,2,8-9H2,1,3-6H3;3H,1H2,2H3;2*1-2H3/b11-7+;;;. The fourth-order valence-corrected chi connectivity index (χ4v) is 2.25. The summed E-state index contributed by atoms with van der Waals surface area (Å²) in [7, 11) is 0. The third-order valence-corrected chi connectivity index (χ3v) is 3.53. The van der Waals surface area contributed by atoms with E-state index in [1.165, 1.54) is 24.0 Å². The van der Waals surface area contributed by atoms with Crippen molar-refractivity contribution in [2.75, 3.05) is 0 Å². The van der Waals surface area contributed by atoms with Crippen molar-refractivity contribution in [1.29, 1.82) is 0 Å². The molecule has 0 atom stereocenters. The van der Waals surface area contributed by atoms with Gasteiger partial charge in [0.05, 0.1) is 0 Å². The molecule has 0 bridgehead atoms. The lowest BCUT2D eigenvalue weighted by molar-refractivity contribution is 0.260. The van der Waals surface area contributed by atoms with Crippen LogP contribution in [-0.4, -0.2) is 0 Å². The predicted octanol–water partition coefficient (Wildman–Crippen LogP) is 7.58. The number of hydrogen-bond donors (Lipinski definition) is 0. The zero-order chi connectivity index (χ0) is 17.0. The van der Waals surface area contributed by atoms with Gasteiger partial charge in [0.15, 0.2) is 0 Å². The maximum Gasteiger partial charge on any atom is -0.0104 e. The van der Waals surface area contributed by atoms with Crippen molar-refractivity contribution < 1.29 is 0 Å². The molecule has 1 fully saturated rings. The molecular weight excluding hydrogens is 240 g/mol. The van der Waals surface area contributed by atoms with Gasteiger partial charge in [0.2, 0.25) is 0 Å². The van der Waals surface area contributed by atoms with Gasteiger partial charge in [-0.05, 0) is 48.7 Å². The highest BCUT2D eigenvalue weighted by Gasteiger charge is 2.37. The van der Waals surface area contributed by atoms with Crippen LogP contribution < -0.4 is 0 Å². The van der Waals surface area contributed by atoms with Gasteiger partial charge in [-0.1, -0.05) is 74.1 Å².